The third kappa shape index (κ3) is 9.59. The number of nitrogens with one attached hydrogen (secondary N) is 1. The third-order valence-electron chi connectivity index (χ3n) is 1.09. The fraction of sp³-hybridized carbons (Fsp3) is 0.875. The van der Waals surface area contributed by atoms with Gasteiger partial charge in [-0.25, -0.2) is 0 Å². The van der Waals surface area contributed by atoms with Gasteiger partial charge in [0.2, 0.25) is 0 Å². The van der Waals surface area contributed by atoms with Crippen molar-refractivity contribution in [3.05, 3.63) is 0 Å². The molecule has 0 saturated carbocycles. The van der Waals surface area contributed by atoms with E-state index in [1.165, 1.54) is 0 Å². The van der Waals surface area contributed by atoms with Crippen molar-refractivity contribution in [1.82, 2.24) is 5.32 Å². The summed E-state index contributed by atoms with van der Waals surface area (Å²) in [6.07, 6.45) is 0.761. The lowest BCUT2D eigenvalue weighted by Gasteiger charge is -2.19. The van der Waals surface area contributed by atoms with Crippen molar-refractivity contribution in [2.45, 2.75) is 26.3 Å². The Morgan fingerprint density at radius 1 is 1.45 bits per heavy atom. The van der Waals surface area contributed by atoms with E-state index in [-0.39, 0.29) is 12.1 Å². The van der Waals surface area contributed by atoms with Gasteiger partial charge in [0.05, 0.1) is 6.61 Å². The summed E-state index contributed by atoms with van der Waals surface area (Å²) in [5.74, 6) is 0. The van der Waals surface area contributed by atoms with Crippen molar-refractivity contribution < 1.29 is 9.53 Å². The zero-order valence-electron chi connectivity index (χ0n) is 7.52. The number of rotatable bonds is 5. The third-order valence-corrected chi connectivity index (χ3v) is 1.09. The first kappa shape index (κ1) is 10.6. The molecule has 0 aliphatic rings. The molecule has 3 nitrogen and oxygen atoms in total. The van der Waals surface area contributed by atoms with E-state index < -0.39 is 0 Å². The highest BCUT2D eigenvalue weighted by molar-refractivity contribution is 5.50. The summed E-state index contributed by atoms with van der Waals surface area (Å²) in [6.45, 7) is 7.85. The topological polar surface area (TPSA) is 38.3 Å². The first-order valence-electron chi connectivity index (χ1n) is 3.82. The second-order valence-electron chi connectivity index (χ2n) is 3.42. The smallest absolute Gasteiger partial charge is 0.145 e. The van der Waals surface area contributed by atoms with Gasteiger partial charge in [0.15, 0.2) is 0 Å². The standard InChI is InChI=1S/C8H17NO2/c1-8(2,3)9-4-6-11-7-5-10/h5,9H,4,6-7H2,1-3H3. The normalized spacial score (nSPS) is 11.5. The van der Waals surface area contributed by atoms with Gasteiger partial charge in [-0.05, 0) is 20.8 Å². The SMILES string of the molecule is CC(C)(C)NCCOCC=O. The number of carbonyl (C=O) groups excluding carboxylic acids is 1. The van der Waals surface area contributed by atoms with E-state index in [9.17, 15) is 4.79 Å². The van der Waals surface area contributed by atoms with E-state index in [0.717, 1.165) is 12.8 Å². The number of ether oxygens (including phenoxy) is 1. The van der Waals surface area contributed by atoms with Crippen molar-refractivity contribution in [1.29, 1.82) is 0 Å². The molecule has 0 radical (unpaired) electrons. The minimum atomic E-state index is 0.130. The van der Waals surface area contributed by atoms with Crippen molar-refractivity contribution in [2.24, 2.45) is 0 Å². The molecule has 1 N–H and O–H groups in total. The summed E-state index contributed by atoms with van der Waals surface area (Å²) in [4.78, 5) is 9.82. The van der Waals surface area contributed by atoms with Gasteiger partial charge in [-0.3, -0.25) is 0 Å². The summed E-state index contributed by atoms with van der Waals surface area (Å²) < 4.78 is 4.95. The summed E-state index contributed by atoms with van der Waals surface area (Å²) in [5.41, 5.74) is 0.130. The van der Waals surface area contributed by atoms with E-state index in [2.05, 4.69) is 26.1 Å². The average Bonchev–Trinajstić information content (AvgIpc) is 1.85. The average molecular weight is 159 g/mol. The second-order valence-corrected chi connectivity index (χ2v) is 3.42. The molecule has 0 aromatic rings. The van der Waals surface area contributed by atoms with Gasteiger partial charge in [0.25, 0.3) is 0 Å². The highest BCUT2D eigenvalue weighted by Gasteiger charge is 2.06. The fourth-order valence-electron chi connectivity index (χ4n) is 0.630. The Morgan fingerprint density at radius 3 is 2.55 bits per heavy atom. The molecule has 11 heavy (non-hydrogen) atoms. The van der Waals surface area contributed by atoms with Gasteiger partial charge in [-0.1, -0.05) is 0 Å². The Hall–Kier alpha value is -0.410. The van der Waals surface area contributed by atoms with Crippen LogP contribution in [0.15, 0.2) is 0 Å². The maximum atomic E-state index is 9.82. The molecule has 0 spiro atoms. The maximum Gasteiger partial charge on any atom is 0.145 e. The summed E-state index contributed by atoms with van der Waals surface area (Å²) in [6, 6.07) is 0. The van der Waals surface area contributed by atoms with Crippen molar-refractivity contribution in [2.75, 3.05) is 19.8 Å². The number of hydrogen-bond donors (Lipinski definition) is 1. The molecule has 0 aliphatic carbocycles. The zero-order chi connectivity index (χ0) is 8.74. The van der Waals surface area contributed by atoms with Gasteiger partial charge in [0.1, 0.15) is 12.9 Å². The molecule has 0 bridgehead atoms. The first-order chi connectivity index (χ1) is 5.06. The first-order valence-corrected chi connectivity index (χ1v) is 3.82. The van der Waals surface area contributed by atoms with Gasteiger partial charge < -0.3 is 14.8 Å². The van der Waals surface area contributed by atoms with E-state index in [0.29, 0.717) is 6.61 Å². The van der Waals surface area contributed by atoms with Crippen LogP contribution in [0, 0.1) is 0 Å². The molecule has 0 aliphatic heterocycles. The van der Waals surface area contributed by atoms with Crippen LogP contribution in [0.1, 0.15) is 20.8 Å². The van der Waals surface area contributed by atoms with Crippen LogP contribution in [-0.2, 0) is 9.53 Å². The highest BCUT2D eigenvalue weighted by atomic mass is 16.5. The molecule has 0 aromatic heterocycles. The molecule has 0 heterocycles. The van der Waals surface area contributed by atoms with Crippen LogP contribution in [0.5, 0.6) is 0 Å². The molecular formula is C8H17NO2. The fourth-order valence-corrected chi connectivity index (χ4v) is 0.630. The predicted molar refractivity (Wildman–Crippen MR) is 44.6 cm³/mol. The highest BCUT2D eigenvalue weighted by Crippen LogP contribution is 1.96. The molecule has 0 rings (SSSR count). The lowest BCUT2D eigenvalue weighted by atomic mass is 10.1. The monoisotopic (exact) mass is 159 g/mol. The Bertz CT molecular complexity index is 107. The Kier molecular flexibility index (Phi) is 5.07. The van der Waals surface area contributed by atoms with E-state index in [4.69, 9.17) is 4.74 Å². The largest absolute Gasteiger partial charge is 0.373 e. The lowest BCUT2D eigenvalue weighted by Crippen LogP contribution is -2.38. The van der Waals surface area contributed by atoms with Crippen molar-refractivity contribution >= 4 is 6.29 Å². The van der Waals surface area contributed by atoms with Gasteiger partial charge in [0, 0.05) is 12.1 Å². The van der Waals surface area contributed by atoms with Crippen LogP contribution in [0.25, 0.3) is 0 Å². The van der Waals surface area contributed by atoms with Crippen molar-refractivity contribution in [3.63, 3.8) is 0 Å². The molecule has 3 heteroatoms. The van der Waals surface area contributed by atoms with Crippen LogP contribution < -0.4 is 5.32 Å². The van der Waals surface area contributed by atoms with Crippen LogP contribution in [0.4, 0.5) is 0 Å². The minimum Gasteiger partial charge on any atom is -0.373 e. The molecule has 0 unspecified atom stereocenters. The quantitative estimate of drug-likeness (QED) is 0.471. The lowest BCUT2D eigenvalue weighted by molar-refractivity contribution is -0.111. The number of hydrogen-bond acceptors (Lipinski definition) is 3. The molecule has 0 atom stereocenters. The van der Waals surface area contributed by atoms with Crippen LogP contribution in [0.2, 0.25) is 0 Å². The molecular weight excluding hydrogens is 142 g/mol. The summed E-state index contributed by atoms with van der Waals surface area (Å²) in [5, 5.41) is 3.24. The Morgan fingerprint density at radius 2 is 2.09 bits per heavy atom. The van der Waals surface area contributed by atoms with E-state index >= 15 is 0 Å². The minimum absolute atomic E-state index is 0.130. The Balaban J connectivity index is 3.08. The molecule has 0 amide bonds. The van der Waals surface area contributed by atoms with Crippen LogP contribution >= 0.6 is 0 Å². The summed E-state index contributed by atoms with van der Waals surface area (Å²) >= 11 is 0. The number of aldehydes is 1. The number of carbonyl (C=O) groups is 1. The van der Waals surface area contributed by atoms with Gasteiger partial charge in [-0.15, -0.1) is 0 Å². The predicted octanol–water partition coefficient (Wildman–Crippen LogP) is 0.590. The van der Waals surface area contributed by atoms with E-state index in [1.54, 1.807) is 0 Å². The molecule has 0 saturated heterocycles. The van der Waals surface area contributed by atoms with Gasteiger partial charge >= 0.3 is 0 Å². The Labute approximate surface area is 68.1 Å². The molecule has 66 valence electrons. The van der Waals surface area contributed by atoms with Gasteiger partial charge in [-0.2, -0.15) is 0 Å². The molecule has 0 fully saturated rings. The van der Waals surface area contributed by atoms with E-state index in [1.807, 2.05) is 0 Å². The van der Waals surface area contributed by atoms with Crippen LogP contribution in [0.3, 0.4) is 0 Å². The van der Waals surface area contributed by atoms with Crippen LogP contribution in [-0.4, -0.2) is 31.6 Å². The summed E-state index contributed by atoms with van der Waals surface area (Å²) in [7, 11) is 0. The molecule has 0 aromatic carbocycles. The second kappa shape index (κ2) is 5.27. The van der Waals surface area contributed by atoms with Crippen molar-refractivity contribution in [3.8, 4) is 0 Å². The zero-order valence-corrected chi connectivity index (χ0v) is 7.52. The maximum absolute atomic E-state index is 9.82.